The van der Waals surface area contributed by atoms with Crippen molar-refractivity contribution in [3.05, 3.63) is 59.7 Å². The zero-order valence-corrected chi connectivity index (χ0v) is 21.2. The molecule has 5 nitrogen and oxygen atoms in total. The van der Waals surface area contributed by atoms with E-state index < -0.39 is 0 Å². The van der Waals surface area contributed by atoms with E-state index in [1.54, 1.807) is 26.0 Å². The van der Waals surface area contributed by atoms with Gasteiger partial charge < -0.3 is 19.3 Å². The number of hydrogen-bond acceptors (Lipinski definition) is 3. The number of amides is 1. The third-order valence-corrected chi connectivity index (χ3v) is 7.77. The van der Waals surface area contributed by atoms with Gasteiger partial charge >= 0.3 is 0 Å². The maximum absolute atomic E-state index is 12.6. The average Bonchev–Trinajstić information content (AvgIpc) is 2.80. The minimum atomic E-state index is 0.110. The first-order valence-electron chi connectivity index (χ1n) is 12.1. The molecule has 1 N–H and O–H groups in total. The fourth-order valence-corrected chi connectivity index (χ4v) is 5.48. The molecule has 1 heterocycles. The maximum Gasteiger partial charge on any atom is 0.219 e. The van der Waals surface area contributed by atoms with E-state index in [1.165, 1.54) is 18.5 Å². The summed E-state index contributed by atoms with van der Waals surface area (Å²) in [7, 11) is 5.59. The molecule has 0 aliphatic carbocycles. The molecule has 1 aliphatic rings. The van der Waals surface area contributed by atoms with Crippen LogP contribution in [0, 0.1) is 11.3 Å². The van der Waals surface area contributed by atoms with Crippen LogP contribution in [-0.2, 0) is 17.8 Å². The zero-order valence-electron chi connectivity index (χ0n) is 21.2. The Bertz CT molecular complexity index is 917. The summed E-state index contributed by atoms with van der Waals surface area (Å²) in [6, 6.07) is 17.4. The standard InChI is InChI=1S/C28H40N2O3/c1-21-19-29(4)22(2)17-28(21,18-24-10-8-7-9-11-24)14-15-30(23(3)31)20-25-12-13-26(32-5)27(16-25)33-6/h7-13,16,21-22H,14-15,17-20H2,1-6H3/p+1/t21-,22-,28+/m1/s1. The van der Waals surface area contributed by atoms with Crippen molar-refractivity contribution < 1.29 is 19.2 Å². The van der Waals surface area contributed by atoms with Gasteiger partial charge in [0.15, 0.2) is 11.5 Å². The molecule has 0 radical (unpaired) electrons. The molecule has 1 amide bonds. The molecule has 2 aromatic carbocycles. The first-order chi connectivity index (χ1) is 15.8. The van der Waals surface area contributed by atoms with Crippen molar-refractivity contribution in [2.24, 2.45) is 11.3 Å². The smallest absolute Gasteiger partial charge is 0.219 e. The van der Waals surface area contributed by atoms with Gasteiger partial charge in [0.25, 0.3) is 0 Å². The van der Waals surface area contributed by atoms with Gasteiger partial charge in [0.2, 0.25) is 5.91 Å². The third kappa shape index (κ3) is 6.08. The Morgan fingerprint density at radius 3 is 2.39 bits per heavy atom. The van der Waals surface area contributed by atoms with E-state index in [-0.39, 0.29) is 11.3 Å². The number of benzene rings is 2. The predicted molar refractivity (Wildman–Crippen MR) is 133 cm³/mol. The van der Waals surface area contributed by atoms with Crippen molar-refractivity contribution in [1.82, 2.24) is 4.90 Å². The van der Waals surface area contributed by atoms with Crippen LogP contribution in [-0.4, -0.2) is 51.2 Å². The van der Waals surface area contributed by atoms with Gasteiger partial charge in [-0.15, -0.1) is 0 Å². The van der Waals surface area contributed by atoms with E-state index in [4.69, 9.17) is 9.47 Å². The Hall–Kier alpha value is -2.53. The zero-order chi connectivity index (χ0) is 24.0. The fourth-order valence-electron chi connectivity index (χ4n) is 5.48. The molecule has 0 saturated carbocycles. The van der Waals surface area contributed by atoms with E-state index >= 15 is 0 Å². The largest absolute Gasteiger partial charge is 0.493 e. The molecule has 2 aromatic rings. The molecule has 4 atom stereocenters. The third-order valence-electron chi connectivity index (χ3n) is 7.77. The molecule has 180 valence electrons. The second-order valence-electron chi connectivity index (χ2n) is 9.96. The summed E-state index contributed by atoms with van der Waals surface area (Å²) in [6.45, 7) is 8.95. The molecular formula is C28H41N2O3+. The number of carbonyl (C=O) groups excluding carboxylic acids is 1. The fraction of sp³-hybridized carbons (Fsp3) is 0.536. The number of piperidine rings is 1. The van der Waals surface area contributed by atoms with Crippen LogP contribution >= 0.6 is 0 Å². The number of nitrogens with zero attached hydrogens (tertiary/aromatic N) is 1. The Labute approximate surface area is 199 Å². The quantitative estimate of drug-likeness (QED) is 0.631. The van der Waals surface area contributed by atoms with Crippen molar-refractivity contribution >= 4 is 5.91 Å². The molecule has 33 heavy (non-hydrogen) atoms. The molecule has 1 saturated heterocycles. The molecule has 1 aliphatic heterocycles. The van der Waals surface area contributed by atoms with Gasteiger partial charge in [0, 0.05) is 32.4 Å². The first kappa shape index (κ1) is 25.1. The number of hydrogen-bond donors (Lipinski definition) is 1. The number of likely N-dealkylation sites (tertiary alicyclic amines) is 1. The van der Waals surface area contributed by atoms with Crippen LogP contribution in [0.5, 0.6) is 11.5 Å². The second-order valence-corrected chi connectivity index (χ2v) is 9.96. The van der Waals surface area contributed by atoms with Gasteiger partial charge in [-0.05, 0) is 48.4 Å². The van der Waals surface area contributed by atoms with Crippen molar-refractivity contribution in [3.63, 3.8) is 0 Å². The number of rotatable bonds is 9. The minimum absolute atomic E-state index is 0.110. The topological polar surface area (TPSA) is 43.2 Å². The summed E-state index contributed by atoms with van der Waals surface area (Å²) in [6.07, 6.45) is 3.25. The van der Waals surface area contributed by atoms with Gasteiger partial charge in [-0.1, -0.05) is 43.3 Å². The highest BCUT2D eigenvalue weighted by atomic mass is 16.5. The van der Waals surface area contributed by atoms with Gasteiger partial charge in [0.1, 0.15) is 0 Å². The summed E-state index contributed by atoms with van der Waals surface area (Å²) in [5, 5.41) is 0. The van der Waals surface area contributed by atoms with E-state index in [0.717, 1.165) is 24.9 Å². The van der Waals surface area contributed by atoms with Crippen LogP contribution in [0.2, 0.25) is 0 Å². The molecule has 0 aromatic heterocycles. The number of quaternary nitrogens is 1. The monoisotopic (exact) mass is 453 g/mol. The van der Waals surface area contributed by atoms with E-state index in [1.807, 2.05) is 23.1 Å². The van der Waals surface area contributed by atoms with E-state index in [9.17, 15) is 4.79 Å². The van der Waals surface area contributed by atoms with Crippen molar-refractivity contribution in [1.29, 1.82) is 0 Å². The first-order valence-corrected chi connectivity index (χ1v) is 12.1. The number of ether oxygens (including phenoxy) is 2. The van der Waals surface area contributed by atoms with Crippen molar-refractivity contribution in [3.8, 4) is 11.5 Å². The van der Waals surface area contributed by atoms with E-state index in [0.29, 0.717) is 30.0 Å². The molecule has 3 rings (SSSR count). The molecular weight excluding hydrogens is 412 g/mol. The van der Waals surface area contributed by atoms with Crippen LogP contribution in [0.4, 0.5) is 0 Å². The molecule has 1 fully saturated rings. The van der Waals surface area contributed by atoms with Gasteiger partial charge in [-0.2, -0.15) is 0 Å². The molecule has 5 heteroatoms. The maximum atomic E-state index is 12.6. The number of nitrogens with one attached hydrogen (secondary N) is 1. The van der Waals surface area contributed by atoms with Crippen molar-refractivity contribution in [2.75, 3.05) is 34.4 Å². The Morgan fingerprint density at radius 2 is 1.76 bits per heavy atom. The van der Waals surface area contributed by atoms with Crippen LogP contribution in [0.25, 0.3) is 0 Å². The Balaban J connectivity index is 1.80. The van der Waals surface area contributed by atoms with Crippen molar-refractivity contribution in [2.45, 2.75) is 52.6 Å². The van der Waals surface area contributed by atoms with Gasteiger partial charge in [-0.25, -0.2) is 0 Å². The van der Waals surface area contributed by atoms with Crippen LogP contribution in [0.15, 0.2) is 48.5 Å². The van der Waals surface area contributed by atoms with Gasteiger partial charge in [0.05, 0.1) is 33.9 Å². The molecule has 0 bridgehead atoms. The normalized spacial score (nSPS) is 24.8. The summed E-state index contributed by atoms with van der Waals surface area (Å²) in [5.74, 6) is 2.09. The lowest BCUT2D eigenvalue weighted by atomic mass is 9.63. The average molecular weight is 454 g/mol. The Morgan fingerprint density at radius 1 is 1.06 bits per heavy atom. The summed E-state index contributed by atoms with van der Waals surface area (Å²) < 4.78 is 10.8. The lowest BCUT2D eigenvalue weighted by Crippen LogP contribution is -3.15. The lowest BCUT2D eigenvalue weighted by Gasteiger charge is -2.48. The Kier molecular flexibility index (Phi) is 8.41. The van der Waals surface area contributed by atoms with Gasteiger partial charge in [-0.3, -0.25) is 4.79 Å². The van der Waals surface area contributed by atoms with Crippen LogP contribution in [0.3, 0.4) is 0 Å². The highest BCUT2D eigenvalue weighted by Crippen LogP contribution is 2.41. The lowest BCUT2D eigenvalue weighted by molar-refractivity contribution is -0.916. The van der Waals surface area contributed by atoms with E-state index in [2.05, 4.69) is 51.2 Å². The summed E-state index contributed by atoms with van der Waals surface area (Å²) in [4.78, 5) is 16.2. The second kappa shape index (κ2) is 11.1. The molecule has 1 unspecified atom stereocenters. The molecule has 0 spiro atoms. The number of methoxy groups -OCH3 is 2. The summed E-state index contributed by atoms with van der Waals surface area (Å²) in [5.41, 5.74) is 2.63. The SMILES string of the molecule is COc1ccc(CN(CC[C@@]2(Cc3ccccc3)C[C@@H](C)[NH+](C)C[C@H]2C)C(C)=O)cc1OC. The number of carbonyl (C=O) groups is 1. The summed E-state index contributed by atoms with van der Waals surface area (Å²) >= 11 is 0. The van der Waals surface area contributed by atoms with Crippen LogP contribution in [0.1, 0.15) is 44.7 Å². The highest BCUT2D eigenvalue weighted by molar-refractivity contribution is 5.73. The predicted octanol–water partition coefficient (Wildman–Crippen LogP) is 3.61. The van der Waals surface area contributed by atoms with Crippen LogP contribution < -0.4 is 14.4 Å². The highest BCUT2D eigenvalue weighted by Gasteiger charge is 2.44. The minimum Gasteiger partial charge on any atom is -0.493 e.